The number of benzene rings is 1. The van der Waals surface area contributed by atoms with Crippen LogP contribution in [0.2, 0.25) is 0 Å². The predicted molar refractivity (Wildman–Crippen MR) is 81.0 cm³/mol. The van der Waals surface area contributed by atoms with E-state index in [2.05, 4.69) is 38.1 Å². The van der Waals surface area contributed by atoms with Crippen LogP contribution in [-0.4, -0.2) is 26.1 Å². The van der Waals surface area contributed by atoms with E-state index in [9.17, 15) is 0 Å². The SMILES string of the molecule is CCCCc1ccc(OC)c2c1C(N(C)C)CCC2. The van der Waals surface area contributed by atoms with E-state index < -0.39 is 0 Å². The van der Waals surface area contributed by atoms with Crippen LogP contribution >= 0.6 is 0 Å². The van der Waals surface area contributed by atoms with E-state index in [1.54, 1.807) is 12.7 Å². The first-order chi connectivity index (χ1) is 9.19. The molecule has 0 fully saturated rings. The van der Waals surface area contributed by atoms with Gasteiger partial charge in [0.25, 0.3) is 0 Å². The summed E-state index contributed by atoms with van der Waals surface area (Å²) in [4.78, 5) is 2.37. The summed E-state index contributed by atoms with van der Waals surface area (Å²) in [7, 11) is 6.19. The molecular formula is C17H27NO. The first-order valence-electron chi connectivity index (χ1n) is 7.54. The highest BCUT2D eigenvalue weighted by atomic mass is 16.5. The van der Waals surface area contributed by atoms with Gasteiger partial charge in [-0.25, -0.2) is 0 Å². The summed E-state index contributed by atoms with van der Waals surface area (Å²) < 4.78 is 5.58. The van der Waals surface area contributed by atoms with Gasteiger partial charge in [-0.3, -0.25) is 0 Å². The van der Waals surface area contributed by atoms with Gasteiger partial charge in [0.15, 0.2) is 0 Å². The number of rotatable bonds is 5. The molecule has 1 aliphatic carbocycles. The Hall–Kier alpha value is -1.02. The average Bonchev–Trinajstić information content (AvgIpc) is 2.43. The Morgan fingerprint density at radius 3 is 2.74 bits per heavy atom. The van der Waals surface area contributed by atoms with Gasteiger partial charge in [0.2, 0.25) is 0 Å². The number of unbranched alkanes of at least 4 members (excludes halogenated alkanes) is 1. The Balaban J connectivity index is 2.46. The first kappa shape index (κ1) is 14.4. The van der Waals surface area contributed by atoms with Crippen molar-refractivity contribution in [3.63, 3.8) is 0 Å². The van der Waals surface area contributed by atoms with Crippen LogP contribution in [-0.2, 0) is 12.8 Å². The van der Waals surface area contributed by atoms with E-state index in [-0.39, 0.29) is 0 Å². The second-order valence-electron chi connectivity index (χ2n) is 5.79. The summed E-state index contributed by atoms with van der Waals surface area (Å²) in [5.41, 5.74) is 4.56. The highest BCUT2D eigenvalue weighted by molar-refractivity contribution is 5.48. The van der Waals surface area contributed by atoms with Gasteiger partial charge in [0, 0.05) is 6.04 Å². The fourth-order valence-electron chi connectivity index (χ4n) is 3.28. The van der Waals surface area contributed by atoms with E-state index >= 15 is 0 Å². The molecule has 0 saturated heterocycles. The third kappa shape index (κ3) is 2.94. The largest absolute Gasteiger partial charge is 0.496 e. The summed E-state index contributed by atoms with van der Waals surface area (Å²) in [5, 5.41) is 0. The summed E-state index contributed by atoms with van der Waals surface area (Å²) >= 11 is 0. The van der Waals surface area contributed by atoms with Crippen LogP contribution in [0.1, 0.15) is 55.3 Å². The van der Waals surface area contributed by atoms with Crippen molar-refractivity contribution in [1.29, 1.82) is 0 Å². The average molecular weight is 261 g/mol. The standard InChI is InChI=1S/C17H27NO/c1-5-6-8-13-11-12-16(19-4)14-9-7-10-15(17(13)14)18(2)3/h11-12,15H,5-10H2,1-4H3. The lowest BCUT2D eigenvalue weighted by atomic mass is 9.82. The van der Waals surface area contributed by atoms with E-state index in [1.165, 1.54) is 49.7 Å². The molecule has 0 aromatic heterocycles. The highest BCUT2D eigenvalue weighted by Crippen LogP contribution is 2.40. The molecule has 0 bridgehead atoms. The second kappa shape index (κ2) is 6.42. The molecule has 0 radical (unpaired) electrons. The van der Waals surface area contributed by atoms with Crippen LogP contribution in [0.25, 0.3) is 0 Å². The van der Waals surface area contributed by atoms with Gasteiger partial charge in [-0.15, -0.1) is 0 Å². The molecule has 2 rings (SSSR count). The molecule has 1 aliphatic rings. The van der Waals surface area contributed by atoms with Crippen LogP contribution in [0, 0.1) is 0 Å². The first-order valence-corrected chi connectivity index (χ1v) is 7.54. The van der Waals surface area contributed by atoms with Crippen LogP contribution in [0.15, 0.2) is 12.1 Å². The number of ether oxygens (including phenoxy) is 1. The minimum Gasteiger partial charge on any atom is -0.496 e. The van der Waals surface area contributed by atoms with Crippen molar-refractivity contribution in [3.05, 3.63) is 28.8 Å². The third-order valence-electron chi connectivity index (χ3n) is 4.28. The van der Waals surface area contributed by atoms with E-state index in [0.29, 0.717) is 6.04 Å². The molecule has 0 amide bonds. The minimum absolute atomic E-state index is 0.561. The molecule has 0 heterocycles. The molecule has 1 aromatic rings. The van der Waals surface area contributed by atoms with Crippen molar-refractivity contribution in [2.75, 3.05) is 21.2 Å². The van der Waals surface area contributed by atoms with Crippen molar-refractivity contribution in [2.24, 2.45) is 0 Å². The van der Waals surface area contributed by atoms with Crippen LogP contribution in [0.4, 0.5) is 0 Å². The Bertz CT molecular complexity index is 426. The van der Waals surface area contributed by atoms with E-state index in [1.807, 2.05) is 0 Å². The van der Waals surface area contributed by atoms with Gasteiger partial charge >= 0.3 is 0 Å². The maximum Gasteiger partial charge on any atom is 0.122 e. The van der Waals surface area contributed by atoms with Crippen LogP contribution in [0.3, 0.4) is 0 Å². The Kier molecular flexibility index (Phi) is 4.87. The fourth-order valence-corrected chi connectivity index (χ4v) is 3.28. The Morgan fingerprint density at radius 1 is 1.32 bits per heavy atom. The lowest BCUT2D eigenvalue weighted by Crippen LogP contribution is -2.26. The van der Waals surface area contributed by atoms with Gasteiger partial charge in [0.1, 0.15) is 5.75 Å². The van der Waals surface area contributed by atoms with Crippen LogP contribution < -0.4 is 4.74 Å². The molecule has 0 saturated carbocycles. The normalized spacial score (nSPS) is 18.5. The Morgan fingerprint density at radius 2 is 2.11 bits per heavy atom. The summed E-state index contributed by atoms with van der Waals surface area (Å²) in [6.45, 7) is 2.26. The van der Waals surface area contributed by atoms with Crippen molar-refractivity contribution in [3.8, 4) is 5.75 Å². The predicted octanol–water partition coefficient (Wildman–Crippen LogP) is 3.98. The number of nitrogens with zero attached hydrogens (tertiary/aromatic N) is 1. The van der Waals surface area contributed by atoms with Gasteiger partial charge in [-0.2, -0.15) is 0 Å². The summed E-state index contributed by atoms with van der Waals surface area (Å²) in [6, 6.07) is 5.02. The zero-order chi connectivity index (χ0) is 13.8. The maximum atomic E-state index is 5.58. The second-order valence-corrected chi connectivity index (χ2v) is 5.79. The van der Waals surface area contributed by atoms with Crippen molar-refractivity contribution in [2.45, 2.75) is 51.5 Å². The highest BCUT2D eigenvalue weighted by Gasteiger charge is 2.26. The molecular weight excluding hydrogens is 234 g/mol. The fraction of sp³-hybridized carbons (Fsp3) is 0.647. The number of aryl methyl sites for hydroxylation is 1. The van der Waals surface area contributed by atoms with Gasteiger partial charge < -0.3 is 9.64 Å². The van der Waals surface area contributed by atoms with Gasteiger partial charge in [-0.1, -0.05) is 19.4 Å². The zero-order valence-corrected chi connectivity index (χ0v) is 12.8. The number of fused-ring (bicyclic) bond motifs is 1. The van der Waals surface area contributed by atoms with Crippen LogP contribution in [0.5, 0.6) is 5.75 Å². The molecule has 1 unspecified atom stereocenters. The zero-order valence-electron chi connectivity index (χ0n) is 12.8. The topological polar surface area (TPSA) is 12.5 Å². The van der Waals surface area contributed by atoms with E-state index in [0.717, 1.165) is 5.75 Å². The smallest absolute Gasteiger partial charge is 0.122 e. The molecule has 1 atom stereocenters. The van der Waals surface area contributed by atoms with Gasteiger partial charge in [-0.05, 0) is 69.0 Å². The van der Waals surface area contributed by atoms with Gasteiger partial charge in [0.05, 0.1) is 7.11 Å². The number of methoxy groups -OCH3 is 1. The molecule has 1 aromatic carbocycles. The minimum atomic E-state index is 0.561. The quantitative estimate of drug-likeness (QED) is 0.795. The number of hydrogen-bond donors (Lipinski definition) is 0. The molecule has 0 aliphatic heterocycles. The lowest BCUT2D eigenvalue weighted by Gasteiger charge is -2.33. The third-order valence-corrected chi connectivity index (χ3v) is 4.28. The van der Waals surface area contributed by atoms with Crippen molar-refractivity contribution in [1.82, 2.24) is 4.90 Å². The summed E-state index contributed by atoms with van der Waals surface area (Å²) in [5.74, 6) is 1.08. The lowest BCUT2D eigenvalue weighted by molar-refractivity contribution is 0.264. The van der Waals surface area contributed by atoms with E-state index in [4.69, 9.17) is 4.74 Å². The Labute approximate surface area is 117 Å². The van der Waals surface area contributed by atoms with Crippen molar-refractivity contribution < 1.29 is 4.74 Å². The molecule has 19 heavy (non-hydrogen) atoms. The maximum absolute atomic E-state index is 5.58. The monoisotopic (exact) mass is 261 g/mol. The molecule has 0 N–H and O–H groups in total. The molecule has 2 nitrogen and oxygen atoms in total. The molecule has 2 heteroatoms. The summed E-state index contributed by atoms with van der Waals surface area (Å²) in [6.07, 6.45) is 7.44. The molecule has 0 spiro atoms. The molecule has 106 valence electrons. The van der Waals surface area contributed by atoms with Crippen molar-refractivity contribution >= 4 is 0 Å². The number of hydrogen-bond acceptors (Lipinski definition) is 2.